The van der Waals surface area contributed by atoms with Gasteiger partial charge in [0.2, 0.25) is 5.91 Å². The van der Waals surface area contributed by atoms with Gasteiger partial charge in [-0.2, -0.15) is 0 Å². The Morgan fingerprint density at radius 1 is 0.903 bits per heavy atom. The molecule has 0 radical (unpaired) electrons. The maximum Gasteiger partial charge on any atom is 0.254 e. The van der Waals surface area contributed by atoms with Crippen molar-refractivity contribution in [1.29, 1.82) is 0 Å². The molecule has 0 unspecified atom stereocenters. The van der Waals surface area contributed by atoms with E-state index in [0.717, 1.165) is 25.7 Å². The lowest BCUT2D eigenvalue weighted by atomic mass is 9.94. The van der Waals surface area contributed by atoms with Crippen LogP contribution in [0.1, 0.15) is 36.0 Å². The Labute approximate surface area is 181 Å². The van der Waals surface area contributed by atoms with Gasteiger partial charge in [0.15, 0.2) is 0 Å². The smallest absolute Gasteiger partial charge is 0.254 e. The van der Waals surface area contributed by atoms with Crippen molar-refractivity contribution in [3.8, 4) is 0 Å². The summed E-state index contributed by atoms with van der Waals surface area (Å²) in [5, 5.41) is 2.88. The van der Waals surface area contributed by atoms with Crippen LogP contribution in [0.4, 0.5) is 14.5 Å². The van der Waals surface area contributed by atoms with Crippen LogP contribution in [0.2, 0.25) is 0 Å². The molecule has 2 amide bonds. The molecule has 7 heteroatoms. The standard InChI is InChI=1S/C24H27F2N3O2/c25-19-8-3-7-18(15-19)24(31)29-13-11-28(12-14-29)22(17-5-1-2-6-17)23(30)27-21-10-4-9-20(26)16-21/h3-4,7-10,15-17,22H,1-2,5-6,11-14H2,(H,27,30)/t22-/m0/s1. The fraction of sp³-hybridized carbons (Fsp3) is 0.417. The van der Waals surface area contributed by atoms with Crippen molar-refractivity contribution in [2.45, 2.75) is 31.7 Å². The molecule has 2 aromatic carbocycles. The van der Waals surface area contributed by atoms with Crippen LogP contribution in [0.5, 0.6) is 0 Å². The highest BCUT2D eigenvalue weighted by atomic mass is 19.1. The normalized spacial score (nSPS) is 18.7. The minimum atomic E-state index is -0.431. The Bertz CT molecular complexity index is 938. The lowest BCUT2D eigenvalue weighted by Crippen LogP contribution is -2.56. The molecule has 31 heavy (non-hydrogen) atoms. The average Bonchev–Trinajstić information content (AvgIpc) is 3.28. The van der Waals surface area contributed by atoms with E-state index in [1.807, 2.05) is 0 Å². The van der Waals surface area contributed by atoms with Gasteiger partial charge in [-0.1, -0.05) is 25.0 Å². The molecular formula is C24H27F2N3O2. The van der Waals surface area contributed by atoms with Crippen LogP contribution in [-0.4, -0.2) is 53.8 Å². The third-order valence-electron chi connectivity index (χ3n) is 6.27. The summed E-state index contributed by atoms with van der Waals surface area (Å²) < 4.78 is 27.0. The molecule has 1 saturated carbocycles. The molecule has 2 aliphatic rings. The predicted molar refractivity (Wildman–Crippen MR) is 115 cm³/mol. The van der Waals surface area contributed by atoms with Gasteiger partial charge in [0, 0.05) is 37.4 Å². The van der Waals surface area contributed by atoms with E-state index in [4.69, 9.17) is 0 Å². The topological polar surface area (TPSA) is 52.7 Å². The van der Waals surface area contributed by atoms with E-state index in [0.29, 0.717) is 37.4 Å². The summed E-state index contributed by atoms with van der Waals surface area (Å²) in [6.07, 6.45) is 4.19. The molecule has 0 spiro atoms. The second-order valence-corrected chi connectivity index (χ2v) is 8.33. The van der Waals surface area contributed by atoms with Crippen LogP contribution in [0, 0.1) is 17.6 Å². The Balaban J connectivity index is 1.43. The Kier molecular flexibility index (Phi) is 6.61. The third-order valence-corrected chi connectivity index (χ3v) is 6.27. The van der Waals surface area contributed by atoms with Crippen LogP contribution in [-0.2, 0) is 4.79 Å². The van der Waals surface area contributed by atoms with Crippen LogP contribution in [0.15, 0.2) is 48.5 Å². The summed E-state index contributed by atoms with van der Waals surface area (Å²) >= 11 is 0. The molecular weight excluding hydrogens is 400 g/mol. The van der Waals surface area contributed by atoms with Crippen molar-refractivity contribution in [3.63, 3.8) is 0 Å². The zero-order valence-electron chi connectivity index (χ0n) is 17.4. The van der Waals surface area contributed by atoms with E-state index in [1.165, 1.54) is 30.3 Å². The van der Waals surface area contributed by atoms with E-state index in [2.05, 4.69) is 10.2 Å². The SMILES string of the molecule is O=C(Nc1cccc(F)c1)[C@H](C1CCCC1)N1CCN(C(=O)c2cccc(F)c2)CC1. The summed E-state index contributed by atoms with van der Waals surface area (Å²) in [7, 11) is 0. The third kappa shape index (κ3) is 5.10. The highest BCUT2D eigenvalue weighted by Crippen LogP contribution is 2.32. The molecule has 4 rings (SSSR count). The fourth-order valence-corrected chi connectivity index (χ4v) is 4.74. The number of benzene rings is 2. The van der Waals surface area contributed by atoms with E-state index < -0.39 is 5.82 Å². The maximum absolute atomic E-state index is 13.5. The zero-order valence-corrected chi connectivity index (χ0v) is 17.4. The van der Waals surface area contributed by atoms with Crippen molar-refractivity contribution in [2.75, 3.05) is 31.5 Å². The quantitative estimate of drug-likeness (QED) is 0.787. The summed E-state index contributed by atoms with van der Waals surface area (Å²) in [5.41, 5.74) is 0.789. The van der Waals surface area contributed by atoms with Gasteiger partial charge >= 0.3 is 0 Å². The molecule has 2 aromatic rings. The zero-order chi connectivity index (χ0) is 21.8. The van der Waals surface area contributed by atoms with E-state index >= 15 is 0 Å². The van der Waals surface area contributed by atoms with E-state index in [1.54, 1.807) is 23.1 Å². The molecule has 2 fully saturated rings. The van der Waals surface area contributed by atoms with E-state index in [9.17, 15) is 18.4 Å². The summed E-state index contributed by atoms with van der Waals surface area (Å²) in [5.74, 6) is -0.887. The number of anilines is 1. The number of hydrogen-bond acceptors (Lipinski definition) is 3. The first-order valence-electron chi connectivity index (χ1n) is 10.9. The van der Waals surface area contributed by atoms with Gasteiger partial charge in [-0.15, -0.1) is 0 Å². The molecule has 0 bridgehead atoms. The number of carbonyl (C=O) groups excluding carboxylic acids is 2. The van der Waals surface area contributed by atoms with Crippen molar-refractivity contribution in [1.82, 2.24) is 9.80 Å². The van der Waals surface area contributed by atoms with Gasteiger partial charge in [0.1, 0.15) is 11.6 Å². The van der Waals surface area contributed by atoms with E-state index in [-0.39, 0.29) is 29.6 Å². The van der Waals surface area contributed by atoms with Gasteiger partial charge < -0.3 is 10.2 Å². The number of piperazine rings is 1. The monoisotopic (exact) mass is 427 g/mol. The lowest BCUT2D eigenvalue weighted by Gasteiger charge is -2.40. The number of halogens is 2. The highest BCUT2D eigenvalue weighted by Gasteiger charge is 2.37. The number of nitrogens with one attached hydrogen (secondary N) is 1. The summed E-state index contributed by atoms with van der Waals surface area (Å²) in [4.78, 5) is 29.8. The Morgan fingerprint density at radius 3 is 2.19 bits per heavy atom. The first-order chi connectivity index (χ1) is 15.0. The van der Waals surface area contributed by atoms with Crippen LogP contribution < -0.4 is 5.32 Å². The van der Waals surface area contributed by atoms with Gasteiger partial charge in [0.25, 0.3) is 5.91 Å². The van der Waals surface area contributed by atoms with Gasteiger partial charge in [-0.3, -0.25) is 14.5 Å². The van der Waals surface area contributed by atoms with Crippen LogP contribution in [0.25, 0.3) is 0 Å². The minimum Gasteiger partial charge on any atom is -0.336 e. The largest absolute Gasteiger partial charge is 0.336 e. The van der Waals surface area contributed by atoms with Crippen LogP contribution in [0.3, 0.4) is 0 Å². The summed E-state index contributed by atoms with van der Waals surface area (Å²) in [6, 6.07) is 11.3. The number of nitrogens with zero attached hydrogens (tertiary/aromatic N) is 2. The second kappa shape index (κ2) is 9.56. The molecule has 1 heterocycles. The fourth-order valence-electron chi connectivity index (χ4n) is 4.74. The van der Waals surface area contributed by atoms with Crippen molar-refractivity contribution in [3.05, 3.63) is 65.7 Å². The Hall–Kier alpha value is -2.80. The average molecular weight is 427 g/mol. The van der Waals surface area contributed by atoms with Crippen molar-refractivity contribution < 1.29 is 18.4 Å². The van der Waals surface area contributed by atoms with Gasteiger partial charge in [-0.25, -0.2) is 8.78 Å². The van der Waals surface area contributed by atoms with Gasteiger partial charge in [-0.05, 0) is 55.2 Å². The van der Waals surface area contributed by atoms with Crippen LogP contribution >= 0.6 is 0 Å². The number of rotatable bonds is 5. The van der Waals surface area contributed by atoms with Gasteiger partial charge in [0.05, 0.1) is 6.04 Å². The minimum absolute atomic E-state index is 0.123. The second-order valence-electron chi connectivity index (χ2n) is 8.33. The first kappa shape index (κ1) is 21.4. The number of hydrogen-bond donors (Lipinski definition) is 1. The maximum atomic E-state index is 13.5. The highest BCUT2D eigenvalue weighted by molar-refractivity contribution is 5.95. The molecule has 1 atom stereocenters. The predicted octanol–water partition coefficient (Wildman–Crippen LogP) is 3.92. The Morgan fingerprint density at radius 2 is 1.55 bits per heavy atom. The number of amides is 2. The lowest BCUT2D eigenvalue weighted by molar-refractivity contribution is -0.123. The molecule has 1 N–H and O–H groups in total. The molecule has 1 saturated heterocycles. The van der Waals surface area contributed by atoms with Crippen molar-refractivity contribution in [2.24, 2.45) is 5.92 Å². The first-order valence-corrected chi connectivity index (χ1v) is 10.9. The molecule has 1 aliphatic heterocycles. The number of carbonyl (C=O) groups is 2. The van der Waals surface area contributed by atoms with Crippen molar-refractivity contribution >= 4 is 17.5 Å². The molecule has 1 aliphatic carbocycles. The molecule has 0 aromatic heterocycles. The molecule has 164 valence electrons. The summed E-state index contributed by atoms with van der Waals surface area (Å²) in [6.45, 7) is 2.09. The molecule has 5 nitrogen and oxygen atoms in total.